The highest BCUT2D eigenvalue weighted by Gasteiger charge is 2.10. The molecule has 19 heavy (non-hydrogen) atoms. The lowest BCUT2D eigenvalue weighted by Crippen LogP contribution is -2.13. The number of benzene rings is 2. The Labute approximate surface area is 119 Å². The van der Waals surface area contributed by atoms with E-state index in [9.17, 15) is 8.78 Å². The van der Waals surface area contributed by atoms with Crippen LogP contribution in [0.15, 0.2) is 40.9 Å². The second kappa shape index (κ2) is 5.80. The van der Waals surface area contributed by atoms with Crippen LogP contribution < -0.4 is 5.73 Å². The van der Waals surface area contributed by atoms with E-state index >= 15 is 0 Å². The van der Waals surface area contributed by atoms with Crippen LogP contribution in [-0.2, 0) is 6.42 Å². The van der Waals surface area contributed by atoms with E-state index in [-0.39, 0.29) is 17.7 Å². The van der Waals surface area contributed by atoms with Crippen LogP contribution in [0.5, 0.6) is 0 Å². The van der Waals surface area contributed by atoms with Crippen LogP contribution in [0.2, 0.25) is 0 Å². The summed E-state index contributed by atoms with van der Waals surface area (Å²) in [7, 11) is 0. The van der Waals surface area contributed by atoms with Gasteiger partial charge in [0.2, 0.25) is 0 Å². The molecule has 0 aliphatic heterocycles. The Morgan fingerprint density at radius 1 is 1.16 bits per heavy atom. The predicted molar refractivity (Wildman–Crippen MR) is 75.9 cm³/mol. The van der Waals surface area contributed by atoms with Gasteiger partial charge in [-0.2, -0.15) is 0 Å². The average Bonchev–Trinajstić information content (AvgIpc) is 2.31. The maximum Gasteiger partial charge on any atom is 0.126 e. The van der Waals surface area contributed by atoms with Gasteiger partial charge < -0.3 is 5.73 Å². The third-order valence-corrected chi connectivity index (χ3v) is 3.45. The standard InChI is InChI=1S/C15H14BrF2N/c1-9-4-11(2-3-14(9)18)15(19)7-10-5-12(16)8-13(17)6-10/h2-6,8,15H,7,19H2,1H3. The average molecular weight is 326 g/mol. The summed E-state index contributed by atoms with van der Waals surface area (Å²) in [6.07, 6.45) is 0.501. The Morgan fingerprint density at radius 2 is 1.89 bits per heavy atom. The topological polar surface area (TPSA) is 26.0 Å². The summed E-state index contributed by atoms with van der Waals surface area (Å²) in [6.45, 7) is 1.70. The number of nitrogens with two attached hydrogens (primary N) is 1. The summed E-state index contributed by atoms with van der Waals surface area (Å²) in [4.78, 5) is 0. The molecule has 0 radical (unpaired) electrons. The lowest BCUT2D eigenvalue weighted by atomic mass is 9.98. The molecule has 0 spiro atoms. The van der Waals surface area contributed by atoms with Crippen molar-refractivity contribution in [2.75, 3.05) is 0 Å². The van der Waals surface area contributed by atoms with Crippen LogP contribution in [-0.4, -0.2) is 0 Å². The Balaban J connectivity index is 2.20. The van der Waals surface area contributed by atoms with E-state index in [2.05, 4.69) is 15.9 Å². The molecule has 1 nitrogen and oxygen atoms in total. The third kappa shape index (κ3) is 3.61. The lowest BCUT2D eigenvalue weighted by Gasteiger charge is -2.13. The van der Waals surface area contributed by atoms with Crippen LogP contribution in [0.3, 0.4) is 0 Å². The second-order valence-electron chi connectivity index (χ2n) is 4.60. The first-order valence-corrected chi connectivity index (χ1v) is 6.71. The van der Waals surface area contributed by atoms with Crippen LogP contribution >= 0.6 is 15.9 Å². The number of hydrogen-bond donors (Lipinski definition) is 1. The molecule has 2 rings (SSSR count). The molecule has 0 saturated heterocycles. The van der Waals surface area contributed by atoms with Crippen molar-refractivity contribution in [1.82, 2.24) is 0 Å². The van der Waals surface area contributed by atoms with Gasteiger partial charge in [-0.05, 0) is 54.3 Å². The zero-order valence-electron chi connectivity index (χ0n) is 10.5. The van der Waals surface area contributed by atoms with Gasteiger partial charge in [0.1, 0.15) is 11.6 Å². The summed E-state index contributed by atoms with van der Waals surface area (Å²) >= 11 is 3.25. The molecule has 0 aliphatic carbocycles. The molecular formula is C15H14BrF2N. The van der Waals surface area contributed by atoms with Gasteiger partial charge in [-0.25, -0.2) is 8.78 Å². The molecule has 0 fully saturated rings. The molecule has 4 heteroatoms. The predicted octanol–water partition coefficient (Wildman–Crippen LogP) is 4.28. The van der Waals surface area contributed by atoms with Crippen molar-refractivity contribution in [1.29, 1.82) is 0 Å². The largest absolute Gasteiger partial charge is 0.324 e. The summed E-state index contributed by atoms with van der Waals surface area (Å²) in [5, 5.41) is 0. The van der Waals surface area contributed by atoms with E-state index < -0.39 is 0 Å². The fraction of sp³-hybridized carbons (Fsp3) is 0.200. The fourth-order valence-electron chi connectivity index (χ4n) is 2.00. The van der Waals surface area contributed by atoms with Gasteiger partial charge in [0.05, 0.1) is 0 Å². The van der Waals surface area contributed by atoms with Crippen molar-refractivity contribution >= 4 is 15.9 Å². The molecule has 0 aromatic heterocycles. The molecule has 0 aliphatic rings. The van der Waals surface area contributed by atoms with Crippen molar-refractivity contribution < 1.29 is 8.78 Å². The molecule has 0 saturated carbocycles. The number of aryl methyl sites for hydroxylation is 1. The fourth-order valence-corrected chi connectivity index (χ4v) is 2.51. The maximum absolute atomic E-state index is 13.3. The van der Waals surface area contributed by atoms with Gasteiger partial charge >= 0.3 is 0 Å². The summed E-state index contributed by atoms with van der Waals surface area (Å²) in [5.74, 6) is -0.545. The quantitative estimate of drug-likeness (QED) is 0.895. The van der Waals surface area contributed by atoms with Gasteiger partial charge in [-0.3, -0.25) is 0 Å². The highest BCUT2D eigenvalue weighted by molar-refractivity contribution is 9.10. The van der Waals surface area contributed by atoms with Crippen molar-refractivity contribution in [3.05, 3.63) is 69.2 Å². The minimum absolute atomic E-state index is 0.246. The van der Waals surface area contributed by atoms with E-state index in [1.165, 1.54) is 18.2 Å². The monoisotopic (exact) mass is 325 g/mol. The zero-order valence-corrected chi connectivity index (χ0v) is 12.0. The zero-order chi connectivity index (χ0) is 14.0. The highest BCUT2D eigenvalue weighted by Crippen LogP contribution is 2.21. The summed E-state index contributed by atoms with van der Waals surface area (Å²) in [6, 6.07) is 9.21. The minimum Gasteiger partial charge on any atom is -0.324 e. The third-order valence-electron chi connectivity index (χ3n) is 2.99. The molecule has 0 amide bonds. The van der Waals surface area contributed by atoms with E-state index in [0.717, 1.165) is 11.1 Å². The molecular weight excluding hydrogens is 312 g/mol. The van der Waals surface area contributed by atoms with E-state index in [0.29, 0.717) is 16.5 Å². The van der Waals surface area contributed by atoms with Gasteiger partial charge in [0, 0.05) is 10.5 Å². The Morgan fingerprint density at radius 3 is 2.53 bits per heavy atom. The maximum atomic E-state index is 13.3. The Kier molecular flexibility index (Phi) is 4.32. The highest BCUT2D eigenvalue weighted by atomic mass is 79.9. The van der Waals surface area contributed by atoms with Gasteiger partial charge in [0.15, 0.2) is 0 Å². The van der Waals surface area contributed by atoms with Gasteiger partial charge in [0.25, 0.3) is 0 Å². The number of halogens is 3. The molecule has 100 valence electrons. The van der Waals surface area contributed by atoms with Gasteiger partial charge in [-0.15, -0.1) is 0 Å². The molecule has 1 atom stereocenters. The SMILES string of the molecule is Cc1cc(C(N)Cc2cc(F)cc(Br)c2)ccc1F. The lowest BCUT2D eigenvalue weighted by molar-refractivity contribution is 0.613. The van der Waals surface area contributed by atoms with E-state index in [4.69, 9.17) is 5.73 Å². The van der Waals surface area contributed by atoms with Crippen molar-refractivity contribution in [2.45, 2.75) is 19.4 Å². The van der Waals surface area contributed by atoms with E-state index in [1.807, 2.05) is 6.07 Å². The van der Waals surface area contributed by atoms with Crippen LogP contribution in [0.1, 0.15) is 22.7 Å². The number of rotatable bonds is 3. The molecule has 1 unspecified atom stereocenters. The molecule has 2 N–H and O–H groups in total. The first kappa shape index (κ1) is 14.2. The van der Waals surface area contributed by atoms with E-state index in [1.54, 1.807) is 19.1 Å². The van der Waals surface area contributed by atoms with Crippen LogP contribution in [0.4, 0.5) is 8.78 Å². The molecule has 0 heterocycles. The normalized spacial score (nSPS) is 12.5. The molecule has 0 bridgehead atoms. The molecule has 2 aromatic rings. The second-order valence-corrected chi connectivity index (χ2v) is 5.51. The van der Waals surface area contributed by atoms with Crippen molar-refractivity contribution in [3.63, 3.8) is 0 Å². The summed E-state index contributed by atoms with van der Waals surface area (Å²) < 4.78 is 27.2. The Bertz CT molecular complexity index is 578. The van der Waals surface area contributed by atoms with Crippen molar-refractivity contribution in [2.24, 2.45) is 5.73 Å². The molecule has 2 aromatic carbocycles. The van der Waals surface area contributed by atoms with Crippen molar-refractivity contribution in [3.8, 4) is 0 Å². The Hall–Kier alpha value is -1.26. The first-order valence-electron chi connectivity index (χ1n) is 5.92. The smallest absolute Gasteiger partial charge is 0.126 e. The van der Waals surface area contributed by atoms with Gasteiger partial charge in [-0.1, -0.05) is 28.1 Å². The number of hydrogen-bond acceptors (Lipinski definition) is 1. The van der Waals surface area contributed by atoms with Crippen LogP contribution in [0, 0.1) is 18.6 Å². The summed E-state index contributed by atoms with van der Waals surface area (Å²) in [5.41, 5.74) is 8.30. The van der Waals surface area contributed by atoms with Crippen LogP contribution in [0.25, 0.3) is 0 Å². The first-order chi connectivity index (χ1) is 8.95. The minimum atomic E-state index is -0.299.